The van der Waals surface area contributed by atoms with Gasteiger partial charge in [-0.2, -0.15) is 13.2 Å². The zero-order valence-electron chi connectivity index (χ0n) is 32.9. The Hall–Kier alpha value is -4.30. The summed E-state index contributed by atoms with van der Waals surface area (Å²) in [5.41, 5.74) is 5.30. The molecular weight excluding hydrogens is 815 g/mol. The van der Waals surface area contributed by atoms with Gasteiger partial charge in [0.25, 0.3) is 5.91 Å². The standard InChI is InChI=1S/C43H52BrN3O4.C2HF3O2/c1-2-51-43(50)22-16-40(17-23-43)47(41(48)29-34-12-14-39(44)15-13-34)31-35-8-4-9-36(28-35)37-10-5-11-38(30-37)42(49)46-26-20-33(21-27-46)7-3-6-32-18-24-45-25-19-32;3-2(4,5)1(6)7/h4-5,8-17,22,28,30,32-33,45,50H,2-3,6-7,18-21,23-27,29,31H2,1H3;(H,6,7). The maximum absolute atomic E-state index is 13.9. The molecule has 0 saturated carbocycles. The minimum Gasteiger partial charge on any atom is -0.475 e. The van der Waals surface area contributed by atoms with E-state index in [2.05, 4.69) is 33.4 Å². The van der Waals surface area contributed by atoms with E-state index >= 15 is 0 Å². The van der Waals surface area contributed by atoms with Crippen LogP contribution in [0.2, 0.25) is 0 Å². The molecule has 2 amide bonds. The highest BCUT2D eigenvalue weighted by molar-refractivity contribution is 9.10. The van der Waals surface area contributed by atoms with Crippen molar-refractivity contribution in [3.05, 3.63) is 118 Å². The van der Waals surface area contributed by atoms with Crippen LogP contribution in [0.1, 0.15) is 79.8 Å². The molecule has 1 atom stereocenters. The molecule has 13 heteroatoms. The van der Waals surface area contributed by atoms with Crippen molar-refractivity contribution in [1.82, 2.24) is 15.1 Å². The van der Waals surface area contributed by atoms with E-state index in [1.807, 2.05) is 78.6 Å². The number of carbonyl (C=O) groups is 3. The van der Waals surface area contributed by atoms with Crippen LogP contribution in [0.15, 0.2) is 101 Å². The lowest BCUT2D eigenvalue weighted by Gasteiger charge is -2.32. The summed E-state index contributed by atoms with van der Waals surface area (Å²) >= 11 is 3.48. The number of aliphatic hydroxyl groups is 1. The number of hydrogen-bond donors (Lipinski definition) is 3. The van der Waals surface area contributed by atoms with Crippen LogP contribution < -0.4 is 5.32 Å². The molecule has 0 spiro atoms. The first-order valence-corrected chi connectivity index (χ1v) is 20.8. The van der Waals surface area contributed by atoms with Gasteiger partial charge in [-0.25, -0.2) is 4.79 Å². The fourth-order valence-electron chi connectivity index (χ4n) is 7.69. The van der Waals surface area contributed by atoms with Gasteiger partial charge in [0.15, 0.2) is 5.79 Å². The molecule has 58 heavy (non-hydrogen) atoms. The predicted octanol–water partition coefficient (Wildman–Crippen LogP) is 8.91. The number of amides is 2. The smallest absolute Gasteiger partial charge is 0.475 e. The SMILES string of the molecule is CCOC1(O)C=CC(N(Cc2cccc(-c3cccc(C(=O)N4CCC(CCCC5CCNCC5)CC4)c3)c2)C(=O)Cc2ccc(Br)cc2)=CC1.O=C(O)C(F)(F)F. The topological polar surface area (TPSA) is 119 Å². The molecule has 312 valence electrons. The van der Waals surface area contributed by atoms with Gasteiger partial charge < -0.3 is 30.1 Å². The lowest BCUT2D eigenvalue weighted by molar-refractivity contribution is -0.192. The molecule has 2 heterocycles. The molecule has 0 aromatic heterocycles. The molecule has 2 saturated heterocycles. The predicted molar refractivity (Wildman–Crippen MR) is 220 cm³/mol. The number of allylic oxidation sites excluding steroid dienone is 1. The highest BCUT2D eigenvalue weighted by atomic mass is 79.9. The molecule has 0 radical (unpaired) electrons. The van der Waals surface area contributed by atoms with E-state index < -0.39 is 17.9 Å². The first kappa shape index (κ1) is 44.8. The number of benzene rings is 3. The number of piperidine rings is 2. The van der Waals surface area contributed by atoms with E-state index in [0.29, 0.717) is 18.7 Å². The Balaban J connectivity index is 0.000000839. The number of hydrogen-bond acceptors (Lipinski definition) is 6. The van der Waals surface area contributed by atoms with Gasteiger partial charge in [0.1, 0.15) is 0 Å². The summed E-state index contributed by atoms with van der Waals surface area (Å²) in [4.78, 5) is 40.2. The summed E-state index contributed by atoms with van der Waals surface area (Å²) < 4.78 is 38.2. The summed E-state index contributed by atoms with van der Waals surface area (Å²) in [6, 6.07) is 23.9. The summed E-state index contributed by atoms with van der Waals surface area (Å²) in [7, 11) is 0. The number of carbonyl (C=O) groups excluding carboxylic acids is 2. The van der Waals surface area contributed by atoms with E-state index in [4.69, 9.17) is 14.6 Å². The van der Waals surface area contributed by atoms with Gasteiger partial charge >= 0.3 is 12.1 Å². The Bertz CT molecular complexity index is 1910. The summed E-state index contributed by atoms with van der Waals surface area (Å²) in [6.45, 7) is 6.58. The van der Waals surface area contributed by atoms with Crippen LogP contribution in [-0.4, -0.2) is 82.5 Å². The fourth-order valence-corrected chi connectivity index (χ4v) is 7.96. The Morgan fingerprint density at radius 1 is 0.914 bits per heavy atom. The van der Waals surface area contributed by atoms with Crippen LogP contribution in [0.4, 0.5) is 13.2 Å². The number of ether oxygens (including phenoxy) is 1. The van der Waals surface area contributed by atoms with Crippen molar-refractivity contribution >= 4 is 33.7 Å². The first-order chi connectivity index (χ1) is 27.7. The van der Waals surface area contributed by atoms with Crippen LogP contribution in [0.5, 0.6) is 0 Å². The van der Waals surface area contributed by atoms with Crippen LogP contribution in [0.25, 0.3) is 11.1 Å². The first-order valence-electron chi connectivity index (χ1n) is 20.0. The summed E-state index contributed by atoms with van der Waals surface area (Å²) in [5, 5.41) is 21.4. The zero-order valence-corrected chi connectivity index (χ0v) is 34.4. The molecule has 1 aliphatic carbocycles. The quantitative estimate of drug-likeness (QED) is 0.147. The minimum atomic E-state index is -5.08. The van der Waals surface area contributed by atoms with Crippen molar-refractivity contribution in [2.24, 2.45) is 11.8 Å². The molecule has 3 N–H and O–H groups in total. The zero-order chi connectivity index (χ0) is 41.7. The molecule has 2 fully saturated rings. The van der Waals surface area contributed by atoms with Gasteiger partial charge in [0.05, 0.1) is 13.0 Å². The molecule has 3 aromatic rings. The van der Waals surface area contributed by atoms with E-state index in [9.17, 15) is 27.9 Å². The maximum atomic E-state index is 13.9. The molecule has 0 bridgehead atoms. The number of likely N-dealkylation sites (tertiary alicyclic amines) is 1. The Morgan fingerprint density at radius 3 is 2.14 bits per heavy atom. The lowest BCUT2D eigenvalue weighted by atomic mass is 9.87. The van der Waals surface area contributed by atoms with Crippen LogP contribution >= 0.6 is 15.9 Å². The van der Waals surface area contributed by atoms with Gasteiger partial charge in [-0.3, -0.25) is 9.59 Å². The number of carboxylic acids is 1. The normalized spacial score (nSPS) is 18.9. The van der Waals surface area contributed by atoms with E-state index in [1.54, 1.807) is 17.1 Å². The second-order valence-corrected chi connectivity index (χ2v) is 16.1. The third kappa shape index (κ3) is 13.4. The summed E-state index contributed by atoms with van der Waals surface area (Å²) in [5.74, 6) is -2.45. The van der Waals surface area contributed by atoms with E-state index in [-0.39, 0.29) is 24.7 Å². The van der Waals surface area contributed by atoms with Crippen LogP contribution in [0, 0.1) is 11.8 Å². The second kappa shape index (κ2) is 21.1. The molecule has 9 nitrogen and oxygen atoms in total. The third-order valence-corrected chi connectivity index (χ3v) is 11.5. The number of nitrogens with zero attached hydrogens (tertiary/aromatic N) is 2. The van der Waals surface area contributed by atoms with Gasteiger partial charge in [-0.1, -0.05) is 83.7 Å². The Morgan fingerprint density at radius 2 is 1.53 bits per heavy atom. The van der Waals surface area contributed by atoms with Crippen molar-refractivity contribution in [1.29, 1.82) is 0 Å². The van der Waals surface area contributed by atoms with Gasteiger partial charge in [0.2, 0.25) is 5.91 Å². The van der Waals surface area contributed by atoms with Crippen LogP contribution in [0.3, 0.4) is 0 Å². The number of rotatable bonds is 13. The molecule has 6 rings (SSSR count). The van der Waals surface area contributed by atoms with Gasteiger partial charge in [0, 0.05) is 41.9 Å². The highest BCUT2D eigenvalue weighted by Gasteiger charge is 2.38. The average molecular weight is 869 g/mol. The number of nitrogens with one attached hydrogen (secondary N) is 1. The Kier molecular flexibility index (Phi) is 16.3. The van der Waals surface area contributed by atoms with Crippen molar-refractivity contribution in [3.8, 4) is 11.1 Å². The lowest BCUT2D eigenvalue weighted by Crippen LogP contribution is -2.38. The summed E-state index contributed by atoms with van der Waals surface area (Å²) in [6.07, 6.45) is 9.45. The molecule has 3 aromatic carbocycles. The maximum Gasteiger partial charge on any atom is 0.490 e. The molecule has 3 aliphatic rings. The largest absolute Gasteiger partial charge is 0.490 e. The molecule has 2 aliphatic heterocycles. The van der Waals surface area contributed by atoms with Gasteiger partial charge in [-0.05, 0) is 122 Å². The van der Waals surface area contributed by atoms with Crippen LogP contribution in [-0.2, 0) is 27.3 Å². The van der Waals surface area contributed by atoms with E-state index in [0.717, 1.165) is 70.2 Å². The minimum absolute atomic E-state index is 0.0430. The number of halogens is 4. The average Bonchev–Trinajstić information content (AvgIpc) is 3.22. The monoisotopic (exact) mass is 867 g/mol. The van der Waals surface area contributed by atoms with E-state index in [1.165, 1.54) is 45.2 Å². The van der Waals surface area contributed by atoms with Crippen molar-refractivity contribution in [2.75, 3.05) is 32.8 Å². The fraction of sp³-hybridized carbons (Fsp3) is 0.444. The highest BCUT2D eigenvalue weighted by Crippen LogP contribution is 2.30. The Labute approximate surface area is 347 Å². The van der Waals surface area contributed by atoms with Crippen molar-refractivity contribution in [2.45, 2.75) is 83.2 Å². The molecule has 1 unspecified atom stereocenters. The van der Waals surface area contributed by atoms with Crippen molar-refractivity contribution < 1.29 is 42.5 Å². The molecular formula is C45H53BrF3N3O6. The second-order valence-electron chi connectivity index (χ2n) is 15.2. The third-order valence-electron chi connectivity index (χ3n) is 10.9. The van der Waals surface area contributed by atoms with Gasteiger partial charge in [-0.15, -0.1) is 0 Å². The number of aliphatic carboxylic acids is 1. The number of alkyl halides is 3. The number of carboxylic acid groups (broad SMARTS) is 1. The van der Waals surface area contributed by atoms with Crippen molar-refractivity contribution in [3.63, 3.8) is 0 Å².